The number of piperidine rings is 1. The van der Waals surface area contributed by atoms with Crippen LogP contribution in [0.15, 0.2) is 12.7 Å². The second-order valence-electron chi connectivity index (χ2n) is 4.43. The number of rotatable bonds is 5. The molecular weight excluding hydrogens is 202 g/mol. The largest absolute Gasteiger partial charge is 0.352 e. The SMILES string of the molecule is C=CCNC(=O)CN1C(C)CCCC1CN. The van der Waals surface area contributed by atoms with E-state index in [0.29, 0.717) is 31.7 Å². The van der Waals surface area contributed by atoms with Crippen molar-refractivity contribution in [2.75, 3.05) is 19.6 Å². The Balaban J connectivity index is 2.47. The first-order chi connectivity index (χ1) is 7.69. The van der Waals surface area contributed by atoms with E-state index in [0.717, 1.165) is 12.8 Å². The molecule has 1 amide bonds. The van der Waals surface area contributed by atoms with E-state index in [-0.39, 0.29) is 5.91 Å². The molecule has 1 aliphatic heterocycles. The predicted molar refractivity (Wildman–Crippen MR) is 66.1 cm³/mol. The molecule has 0 saturated carbocycles. The topological polar surface area (TPSA) is 58.4 Å². The molecule has 0 spiro atoms. The number of nitrogens with zero attached hydrogens (tertiary/aromatic N) is 1. The van der Waals surface area contributed by atoms with Crippen LogP contribution in [0.5, 0.6) is 0 Å². The van der Waals surface area contributed by atoms with Crippen molar-refractivity contribution in [3.8, 4) is 0 Å². The van der Waals surface area contributed by atoms with Crippen molar-refractivity contribution in [3.63, 3.8) is 0 Å². The molecular formula is C12H23N3O. The zero-order valence-electron chi connectivity index (χ0n) is 10.1. The molecule has 4 heteroatoms. The lowest BCUT2D eigenvalue weighted by molar-refractivity contribution is -0.123. The summed E-state index contributed by atoms with van der Waals surface area (Å²) >= 11 is 0. The minimum atomic E-state index is 0.0621. The average molecular weight is 225 g/mol. The fourth-order valence-corrected chi connectivity index (χ4v) is 2.29. The highest BCUT2D eigenvalue weighted by atomic mass is 16.2. The van der Waals surface area contributed by atoms with Gasteiger partial charge in [-0.3, -0.25) is 9.69 Å². The molecule has 1 fully saturated rings. The maximum absolute atomic E-state index is 11.6. The number of carbonyl (C=O) groups excluding carboxylic acids is 1. The zero-order chi connectivity index (χ0) is 12.0. The number of hydrogen-bond acceptors (Lipinski definition) is 3. The highest BCUT2D eigenvalue weighted by Gasteiger charge is 2.28. The first-order valence-corrected chi connectivity index (χ1v) is 6.02. The van der Waals surface area contributed by atoms with Crippen LogP contribution in [0.25, 0.3) is 0 Å². The van der Waals surface area contributed by atoms with Gasteiger partial charge in [-0.2, -0.15) is 0 Å². The van der Waals surface area contributed by atoms with E-state index in [1.54, 1.807) is 6.08 Å². The second-order valence-corrected chi connectivity index (χ2v) is 4.43. The van der Waals surface area contributed by atoms with Crippen LogP contribution in [0.3, 0.4) is 0 Å². The van der Waals surface area contributed by atoms with Crippen LogP contribution < -0.4 is 11.1 Å². The fourth-order valence-electron chi connectivity index (χ4n) is 2.29. The molecule has 0 radical (unpaired) electrons. The van der Waals surface area contributed by atoms with Gasteiger partial charge in [0, 0.05) is 25.2 Å². The van der Waals surface area contributed by atoms with Crippen molar-refractivity contribution in [2.24, 2.45) is 5.73 Å². The lowest BCUT2D eigenvalue weighted by Crippen LogP contribution is -2.52. The normalized spacial score (nSPS) is 26.4. The van der Waals surface area contributed by atoms with E-state index < -0.39 is 0 Å². The van der Waals surface area contributed by atoms with Crippen LogP contribution in [0, 0.1) is 0 Å². The van der Waals surface area contributed by atoms with E-state index in [4.69, 9.17) is 5.73 Å². The van der Waals surface area contributed by atoms with Crippen molar-refractivity contribution in [1.82, 2.24) is 10.2 Å². The Morgan fingerprint density at radius 3 is 3.00 bits per heavy atom. The molecule has 3 N–H and O–H groups in total. The first kappa shape index (κ1) is 13.2. The summed E-state index contributed by atoms with van der Waals surface area (Å²) in [6.07, 6.45) is 5.17. The third kappa shape index (κ3) is 3.61. The molecule has 0 aromatic heterocycles. The fraction of sp³-hybridized carbons (Fsp3) is 0.750. The van der Waals surface area contributed by atoms with Crippen LogP contribution in [0.2, 0.25) is 0 Å². The lowest BCUT2D eigenvalue weighted by Gasteiger charge is -2.39. The summed E-state index contributed by atoms with van der Waals surface area (Å²) in [4.78, 5) is 13.9. The van der Waals surface area contributed by atoms with Crippen molar-refractivity contribution >= 4 is 5.91 Å². The van der Waals surface area contributed by atoms with Gasteiger partial charge in [-0.05, 0) is 19.8 Å². The molecule has 1 saturated heterocycles. The molecule has 2 unspecified atom stereocenters. The molecule has 0 bridgehead atoms. The van der Waals surface area contributed by atoms with Crippen LogP contribution >= 0.6 is 0 Å². The number of amides is 1. The van der Waals surface area contributed by atoms with Crippen molar-refractivity contribution < 1.29 is 4.79 Å². The summed E-state index contributed by atoms with van der Waals surface area (Å²) in [5, 5.41) is 2.81. The van der Waals surface area contributed by atoms with Gasteiger partial charge in [-0.25, -0.2) is 0 Å². The molecule has 16 heavy (non-hydrogen) atoms. The minimum absolute atomic E-state index is 0.0621. The van der Waals surface area contributed by atoms with Gasteiger partial charge in [0.2, 0.25) is 5.91 Å². The van der Waals surface area contributed by atoms with Gasteiger partial charge in [-0.15, -0.1) is 6.58 Å². The van der Waals surface area contributed by atoms with Crippen molar-refractivity contribution in [2.45, 2.75) is 38.3 Å². The number of nitrogens with one attached hydrogen (secondary N) is 1. The molecule has 0 aliphatic carbocycles. The van der Waals surface area contributed by atoms with Gasteiger partial charge in [-0.1, -0.05) is 12.5 Å². The van der Waals surface area contributed by atoms with E-state index in [1.807, 2.05) is 0 Å². The molecule has 1 heterocycles. The second kappa shape index (κ2) is 6.66. The summed E-state index contributed by atoms with van der Waals surface area (Å²) in [6.45, 7) is 7.38. The Hall–Kier alpha value is -0.870. The lowest BCUT2D eigenvalue weighted by atomic mass is 9.96. The number of nitrogens with two attached hydrogens (primary N) is 1. The van der Waals surface area contributed by atoms with E-state index >= 15 is 0 Å². The summed E-state index contributed by atoms with van der Waals surface area (Å²) in [5.41, 5.74) is 5.74. The zero-order valence-corrected chi connectivity index (χ0v) is 10.1. The van der Waals surface area contributed by atoms with E-state index in [2.05, 4.69) is 23.7 Å². The van der Waals surface area contributed by atoms with Gasteiger partial charge in [0.15, 0.2) is 0 Å². The van der Waals surface area contributed by atoms with Crippen LogP contribution in [-0.2, 0) is 4.79 Å². The molecule has 1 aliphatic rings. The summed E-state index contributed by atoms with van der Waals surface area (Å²) in [7, 11) is 0. The molecule has 0 aromatic carbocycles. The van der Waals surface area contributed by atoms with Crippen molar-refractivity contribution in [1.29, 1.82) is 0 Å². The quantitative estimate of drug-likeness (QED) is 0.670. The summed E-state index contributed by atoms with van der Waals surface area (Å²) < 4.78 is 0. The minimum Gasteiger partial charge on any atom is -0.352 e. The van der Waals surface area contributed by atoms with Gasteiger partial charge in [0.05, 0.1) is 6.54 Å². The number of carbonyl (C=O) groups is 1. The number of likely N-dealkylation sites (tertiary alicyclic amines) is 1. The Labute approximate surface area is 97.9 Å². The average Bonchev–Trinajstić information content (AvgIpc) is 2.29. The maximum atomic E-state index is 11.6. The molecule has 4 nitrogen and oxygen atoms in total. The molecule has 2 atom stereocenters. The van der Waals surface area contributed by atoms with Gasteiger partial charge >= 0.3 is 0 Å². The smallest absolute Gasteiger partial charge is 0.234 e. The highest BCUT2D eigenvalue weighted by molar-refractivity contribution is 5.78. The van der Waals surface area contributed by atoms with Gasteiger partial charge < -0.3 is 11.1 Å². The molecule has 92 valence electrons. The summed E-state index contributed by atoms with van der Waals surface area (Å²) in [5.74, 6) is 0.0621. The standard InChI is InChI=1S/C12H23N3O/c1-3-7-14-12(16)9-15-10(2)5-4-6-11(15)8-13/h3,10-11H,1,4-9,13H2,2H3,(H,14,16). The van der Waals surface area contributed by atoms with Crippen LogP contribution in [0.1, 0.15) is 26.2 Å². The van der Waals surface area contributed by atoms with Crippen LogP contribution in [-0.4, -0.2) is 42.5 Å². The Kier molecular flexibility index (Phi) is 5.49. The van der Waals surface area contributed by atoms with E-state index in [9.17, 15) is 4.79 Å². The van der Waals surface area contributed by atoms with Gasteiger partial charge in [0.25, 0.3) is 0 Å². The number of hydrogen-bond donors (Lipinski definition) is 2. The Bertz CT molecular complexity index is 242. The summed E-state index contributed by atoms with van der Waals surface area (Å²) in [6, 6.07) is 0.815. The highest BCUT2D eigenvalue weighted by Crippen LogP contribution is 2.21. The monoisotopic (exact) mass is 225 g/mol. The van der Waals surface area contributed by atoms with E-state index in [1.165, 1.54) is 6.42 Å². The third-order valence-corrected chi connectivity index (χ3v) is 3.24. The Morgan fingerprint density at radius 2 is 2.38 bits per heavy atom. The van der Waals surface area contributed by atoms with Crippen molar-refractivity contribution in [3.05, 3.63) is 12.7 Å². The molecule has 0 aromatic rings. The third-order valence-electron chi connectivity index (χ3n) is 3.24. The molecule has 1 rings (SSSR count). The predicted octanol–water partition coefficient (Wildman–Crippen LogP) is 0.490. The van der Waals surface area contributed by atoms with Crippen LogP contribution in [0.4, 0.5) is 0 Å². The Morgan fingerprint density at radius 1 is 1.62 bits per heavy atom. The maximum Gasteiger partial charge on any atom is 0.234 e. The first-order valence-electron chi connectivity index (χ1n) is 6.02. The van der Waals surface area contributed by atoms with Gasteiger partial charge in [0.1, 0.15) is 0 Å².